The lowest BCUT2D eigenvalue weighted by atomic mass is 9.85. The van der Waals surface area contributed by atoms with Gasteiger partial charge in [0.15, 0.2) is 11.6 Å². The molecule has 1 aliphatic rings. The van der Waals surface area contributed by atoms with E-state index in [1.807, 2.05) is 13.0 Å². The van der Waals surface area contributed by atoms with Crippen LogP contribution in [0.25, 0.3) is 0 Å². The number of halogens is 1. The molecule has 9 heteroatoms. The van der Waals surface area contributed by atoms with Gasteiger partial charge >= 0.3 is 0 Å². The van der Waals surface area contributed by atoms with Crippen LogP contribution in [0.5, 0.6) is 0 Å². The summed E-state index contributed by atoms with van der Waals surface area (Å²) in [7, 11) is 1.71. The first-order valence-electron chi connectivity index (χ1n) is 11.5. The minimum Gasteiger partial charge on any atom is -0.379 e. The zero-order valence-electron chi connectivity index (χ0n) is 20.2. The first-order valence-corrected chi connectivity index (χ1v) is 11.8. The van der Waals surface area contributed by atoms with Crippen LogP contribution >= 0.6 is 11.6 Å². The maximum atomic E-state index is 6.30. The molecule has 0 spiro atoms. The topological polar surface area (TPSA) is 91.0 Å². The van der Waals surface area contributed by atoms with Crippen molar-refractivity contribution in [2.75, 3.05) is 37.4 Å². The van der Waals surface area contributed by atoms with Gasteiger partial charge in [-0.1, -0.05) is 24.2 Å². The number of anilines is 4. The fourth-order valence-electron chi connectivity index (χ4n) is 4.42. The van der Waals surface area contributed by atoms with Gasteiger partial charge in [-0.2, -0.15) is 10.1 Å². The van der Waals surface area contributed by atoms with Crippen molar-refractivity contribution >= 4 is 34.9 Å². The van der Waals surface area contributed by atoms with Gasteiger partial charge in [-0.3, -0.25) is 5.10 Å². The van der Waals surface area contributed by atoms with E-state index in [0.29, 0.717) is 35.1 Å². The lowest BCUT2D eigenvalue weighted by Gasteiger charge is -2.35. The minimum atomic E-state index is 0.425. The molecule has 34 heavy (non-hydrogen) atoms. The summed E-state index contributed by atoms with van der Waals surface area (Å²) in [5, 5.41) is 14.0. The van der Waals surface area contributed by atoms with Gasteiger partial charge in [0.25, 0.3) is 0 Å². The van der Waals surface area contributed by atoms with Crippen LogP contribution in [0.2, 0.25) is 5.02 Å². The van der Waals surface area contributed by atoms with E-state index in [1.165, 1.54) is 11.1 Å². The summed E-state index contributed by atoms with van der Waals surface area (Å²) in [4.78, 5) is 11.2. The van der Waals surface area contributed by atoms with Crippen molar-refractivity contribution in [3.63, 3.8) is 0 Å². The average molecular weight is 482 g/mol. The van der Waals surface area contributed by atoms with E-state index in [9.17, 15) is 0 Å². The maximum Gasteiger partial charge on any atom is 0.229 e. The maximum absolute atomic E-state index is 6.30. The molecule has 180 valence electrons. The molecule has 4 rings (SSSR count). The summed E-state index contributed by atoms with van der Waals surface area (Å²) >= 11 is 6.30. The van der Waals surface area contributed by atoms with Gasteiger partial charge in [-0.25, -0.2) is 4.98 Å². The standard InChI is InChI=1S/C25H32ClN7O/c1-15-11-22(16(2)10-20(15)19-6-8-33(9-7-19)18(4)14-34-5)28-25-27-13-21(26)24(30-25)29-23-12-17(3)31-32-23/h10-13,19H,4,6-9,14H2,1-3,5H3,(H3,27,28,29,30,31,32). The summed E-state index contributed by atoms with van der Waals surface area (Å²) in [6.45, 7) is 13.0. The Hall–Kier alpha value is -3.10. The monoisotopic (exact) mass is 481 g/mol. The van der Waals surface area contributed by atoms with Crippen LogP contribution in [0.15, 0.2) is 36.7 Å². The van der Waals surface area contributed by atoms with Crippen LogP contribution in [0.1, 0.15) is 41.1 Å². The van der Waals surface area contributed by atoms with E-state index in [-0.39, 0.29) is 0 Å². The largest absolute Gasteiger partial charge is 0.379 e. The molecule has 3 heterocycles. The van der Waals surface area contributed by atoms with Gasteiger partial charge in [0.05, 0.1) is 12.8 Å². The molecule has 0 aliphatic carbocycles. The zero-order chi connectivity index (χ0) is 24.2. The average Bonchev–Trinajstić information content (AvgIpc) is 3.23. The second-order valence-electron chi connectivity index (χ2n) is 8.86. The van der Waals surface area contributed by atoms with E-state index < -0.39 is 0 Å². The first kappa shape index (κ1) is 24.0. The Labute approximate surface area is 205 Å². The number of hydrogen-bond acceptors (Lipinski definition) is 7. The minimum absolute atomic E-state index is 0.425. The number of hydrogen-bond donors (Lipinski definition) is 3. The van der Waals surface area contributed by atoms with E-state index in [4.69, 9.17) is 16.3 Å². The number of methoxy groups -OCH3 is 1. The molecular formula is C25H32ClN7O. The number of ether oxygens (including phenoxy) is 1. The van der Waals surface area contributed by atoms with Crippen molar-refractivity contribution in [3.8, 4) is 0 Å². The number of rotatable bonds is 8. The summed E-state index contributed by atoms with van der Waals surface area (Å²) < 4.78 is 5.24. The van der Waals surface area contributed by atoms with Crippen molar-refractivity contribution < 1.29 is 4.74 Å². The number of likely N-dealkylation sites (tertiary alicyclic amines) is 1. The van der Waals surface area contributed by atoms with E-state index in [1.54, 1.807) is 13.3 Å². The van der Waals surface area contributed by atoms with Gasteiger partial charge in [-0.05, 0) is 62.3 Å². The Morgan fingerprint density at radius 3 is 2.62 bits per heavy atom. The summed E-state index contributed by atoms with van der Waals surface area (Å²) in [5.74, 6) is 2.16. The Morgan fingerprint density at radius 1 is 1.18 bits per heavy atom. The summed E-state index contributed by atoms with van der Waals surface area (Å²) in [5.41, 5.74) is 6.82. The third-order valence-corrected chi connectivity index (χ3v) is 6.53. The van der Waals surface area contributed by atoms with Crippen LogP contribution in [0.4, 0.5) is 23.3 Å². The first-order chi connectivity index (χ1) is 16.3. The van der Waals surface area contributed by atoms with Crippen LogP contribution < -0.4 is 10.6 Å². The fraction of sp³-hybridized carbons (Fsp3) is 0.400. The third-order valence-electron chi connectivity index (χ3n) is 6.25. The highest BCUT2D eigenvalue weighted by Gasteiger charge is 2.23. The number of benzene rings is 1. The smallest absolute Gasteiger partial charge is 0.229 e. The summed E-state index contributed by atoms with van der Waals surface area (Å²) in [6, 6.07) is 6.36. The van der Waals surface area contributed by atoms with Crippen LogP contribution in [0.3, 0.4) is 0 Å². The highest BCUT2D eigenvalue weighted by atomic mass is 35.5. The number of nitrogens with one attached hydrogen (secondary N) is 3. The quantitative estimate of drug-likeness (QED) is 0.385. The lowest BCUT2D eigenvalue weighted by Crippen LogP contribution is -2.33. The molecule has 0 radical (unpaired) electrons. The third kappa shape index (κ3) is 5.51. The molecule has 1 aliphatic heterocycles. The Balaban J connectivity index is 1.46. The van der Waals surface area contributed by atoms with Crippen molar-refractivity contribution in [2.24, 2.45) is 0 Å². The van der Waals surface area contributed by atoms with Crippen molar-refractivity contribution in [1.82, 2.24) is 25.1 Å². The number of aryl methyl sites for hydroxylation is 3. The van der Waals surface area contributed by atoms with E-state index >= 15 is 0 Å². The highest BCUT2D eigenvalue weighted by Crippen LogP contribution is 2.34. The van der Waals surface area contributed by atoms with Crippen LogP contribution in [-0.4, -0.2) is 51.9 Å². The van der Waals surface area contributed by atoms with Gasteiger partial charge < -0.3 is 20.3 Å². The van der Waals surface area contributed by atoms with Crippen molar-refractivity contribution in [2.45, 2.75) is 39.5 Å². The Morgan fingerprint density at radius 2 is 1.94 bits per heavy atom. The molecule has 3 aromatic rings. The van der Waals surface area contributed by atoms with Gasteiger partial charge in [0.1, 0.15) is 5.02 Å². The molecule has 0 bridgehead atoms. The number of nitrogens with zero attached hydrogens (tertiary/aromatic N) is 4. The fourth-order valence-corrected chi connectivity index (χ4v) is 4.55. The van der Waals surface area contributed by atoms with E-state index in [0.717, 1.165) is 48.6 Å². The summed E-state index contributed by atoms with van der Waals surface area (Å²) in [6.07, 6.45) is 3.80. The van der Waals surface area contributed by atoms with Crippen molar-refractivity contribution in [1.29, 1.82) is 0 Å². The number of aromatic amines is 1. The van der Waals surface area contributed by atoms with Gasteiger partial charge in [-0.15, -0.1) is 0 Å². The molecule has 0 atom stereocenters. The zero-order valence-corrected chi connectivity index (χ0v) is 21.0. The molecule has 0 unspecified atom stereocenters. The Kier molecular flexibility index (Phi) is 7.38. The molecule has 3 N–H and O–H groups in total. The second kappa shape index (κ2) is 10.4. The lowest BCUT2D eigenvalue weighted by molar-refractivity contribution is 0.173. The van der Waals surface area contributed by atoms with Crippen LogP contribution in [-0.2, 0) is 4.74 Å². The molecule has 0 amide bonds. The molecular weight excluding hydrogens is 450 g/mol. The van der Waals surface area contributed by atoms with Crippen molar-refractivity contribution in [3.05, 3.63) is 64.1 Å². The normalized spacial score (nSPS) is 14.3. The van der Waals surface area contributed by atoms with Gasteiger partial charge in [0.2, 0.25) is 5.95 Å². The van der Waals surface area contributed by atoms with E-state index in [2.05, 4.69) is 68.3 Å². The predicted molar refractivity (Wildman–Crippen MR) is 137 cm³/mol. The van der Waals surface area contributed by atoms with Crippen LogP contribution in [0, 0.1) is 20.8 Å². The Bertz CT molecular complexity index is 1170. The molecule has 1 saturated heterocycles. The molecule has 2 aromatic heterocycles. The molecule has 8 nitrogen and oxygen atoms in total. The number of piperidine rings is 1. The number of aromatic nitrogens is 4. The number of H-pyrrole nitrogens is 1. The second-order valence-corrected chi connectivity index (χ2v) is 9.27. The molecule has 0 saturated carbocycles. The predicted octanol–water partition coefficient (Wildman–Crippen LogP) is 5.61. The molecule has 1 fully saturated rings. The highest BCUT2D eigenvalue weighted by molar-refractivity contribution is 6.32. The molecule has 1 aromatic carbocycles. The SMILES string of the molecule is C=C(COC)N1CCC(c2cc(C)c(Nc3ncc(Cl)c(Nc4cc(C)[nH]n4)n3)cc2C)CC1. The van der Waals surface area contributed by atoms with Gasteiger partial charge in [0, 0.05) is 43.3 Å².